The second kappa shape index (κ2) is 9.68. The number of carbonyl (C=O) groups is 4. The number of para-hydroxylation sites is 2. The number of benzene rings is 1. The third-order valence-electron chi connectivity index (χ3n) is 5.12. The zero-order chi connectivity index (χ0) is 23.5. The van der Waals surface area contributed by atoms with Crippen molar-refractivity contribution in [2.45, 2.75) is 64.8 Å². The fraction of sp³-hybridized carbons (Fsp3) is 0.565. The van der Waals surface area contributed by atoms with Crippen LogP contribution in [0.2, 0.25) is 0 Å². The molecular formula is C23H30N2O7. The fourth-order valence-electron chi connectivity index (χ4n) is 3.82. The summed E-state index contributed by atoms with van der Waals surface area (Å²) >= 11 is 0. The maximum Gasteiger partial charge on any atom is 0.351 e. The van der Waals surface area contributed by atoms with Crippen molar-refractivity contribution in [1.29, 1.82) is 0 Å². The Morgan fingerprint density at radius 2 is 1.72 bits per heavy atom. The van der Waals surface area contributed by atoms with Crippen LogP contribution in [-0.2, 0) is 33.4 Å². The summed E-state index contributed by atoms with van der Waals surface area (Å²) in [5.41, 5.74) is 0.341. The predicted octanol–water partition coefficient (Wildman–Crippen LogP) is 2.21. The van der Waals surface area contributed by atoms with Crippen LogP contribution in [0.5, 0.6) is 0 Å². The molecule has 2 aliphatic rings. The van der Waals surface area contributed by atoms with Crippen LogP contribution < -0.4 is 9.80 Å². The molecule has 0 bridgehead atoms. The summed E-state index contributed by atoms with van der Waals surface area (Å²) in [6.07, 6.45) is -0.706. The first kappa shape index (κ1) is 23.7. The molecule has 2 fully saturated rings. The van der Waals surface area contributed by atoms with Crippen molar-refractivity contribution < 1.29 is 33.4 Å². The number of carbonyl (C=O) groups excluding carboxylic acids is 4. The molecule has 2 aliphatic heterocycles. The molecule has 9 nitrogen and oxygen atoms in total. The normalized spacial score (nSPS) is 20.7. The lowest BCUT2D eigenvalue weighted by Crippen LogP contribution is -2.56. The highest BCUT2D eigenvalue weighted by molar-refractivity contribution is 6.05. The highest BCUT2D eigenvalue weighted by atomic mass is 16.6. The maximum atomic E-state index is 13.4. The average molecular weight is 447 g/mol. The Morgan fingerprint density at radius 3 is 2.31 bits per heavy atom. The molecule has 0 unspecified atom stereocenters. The summed E-state index contributed by atoms with van der Waals surface area (Å²) in [4.78, 5) is 53.5. The van der Waals surface area contributed by atoms with E-state index in [9.17, 15) is 19.2 Å². The van der Waals surface area contributed by atoms with Crippen molar-refractivity contribution in [3.63, 3.8) is 0 Å². The third-order valence-corrected chi connectivity index (χ3v) is 5.12. The van der Waals surface area contributed by atoms with Gasteiger partial charge in [-0.2, -0.15) is 0 Å². The first-order valence-corrected chi connectivity index (χ1v) is 10.8. The van der Waals surface area contributed by atoms with Gasteiger partial charge in [-0.3, -0.25) is 14.4 Å². The SMILES string of the molecule is CC(=O)O[C@@H](C(=O)OC(C)(C)C)[C@H]1OCCN(c2ccccc2N2CCCCC2=O)C1=O. The average Bonchev–Trinajstić information content (AvgIpc) is 2.71. The third kappa shape index (κ3) is 5.45. The fourth-order valence-corrected chi connectivity index (χ4v) is 3.82. The van der Waals surface area contributed by atoms with Gasteiger partial charge >= 0.3 is 11.9 Å². The molecule has 0 aromatic heterocycles. The van der Waals surface area contributed by atoms with Gasteiger partial charge in [0.2, 0.25) is 12.0 Å². The van der Waals surface area contributed by atoms with E-state index in [1.807, 2.05) is 6.07 Å². The second-order valence-corrected chi connectivity index (χ2v) is 8.84. The summed E-state index contributed by atoms with van der Waals surface area (Å²) < 4.78 is 16.1. The number of amides is 2. The van der Waals surface area contributed by atoms with Gasteiger partial charge in [0.05, 0.1) is 18.0 Å². The molecule has 174 valence electrons. The topological polar surface area (TPSA) is 102 Å². The molecule has 2 amide bonds. The first-order valence-electron chi connectivity index (χ1n) is 10.8. The van der Waals surface area contributed by atoms with Crippen molar-refractivity contribution in [2.75, 3.05) is 29.5 Å². The minimum Gasteiger partial charge on any atom is -0.457 e. The standard InChI is InChI=1S/C23H30N2O7/c1-15(26)31-20(22(29)32-23(2,3)4)19-21(28)25(13-14-30-19)17-10-6-5-9-16(17)24-12-8-7-11-18(24)27/h5-6,9-10,19-20H,7-8,11-14H2,1-4H3/t19-,20-/m1/s1. The van der Waals surface area contributed by atoms with Crippen molar-refractivity contribution in [3.05, 3.63) is 24.3 Å². The van der Waals surface area contributed by atoms with E-state index >= 15 is 0 Å². The van der Waals surface area contributed by atoms with E-state index in [-0.39, 0.29) is 19.1 Å². The van der Waals surface area contributed by atoms with E-state index < -0.39 is 35.7 Å². The molecule has 1 aromatic rings. The predicted molar refractivity (Wildman–Crippen MR) is 116 cm³/mol. The number of hydrogen-bond acceptors (Lipinski definition) is 7. The number of rotatable bonds is 5. The molecule has 0 N–H and O–H groups in total. The van der Waals surface area contributed by atoms with Gasteiger partial charge in [-0.15, -0.1) is 0 Å². The van der Waals surface area contributed by atoms with E-state index in [0.29, 0.717) is 24.3 Å². The van der Waals surface area contributed by atoms with Gasteiger partial charge < -0.3 is 24.0 Å². The van der Waals surface area contributed by atoms with E-state index in [2.05, 4.69) is 0 Å². The number of nitrogens with zero attached hydrogens (tertiary/aromatic N) is 2. The van der Waals surface area contributed by atoms with Gasteiger partial charge in [-0.05, 0) is 45.7 Å². The van der Waals surface area contributed by atoms with Gasteiger partial charge in [0, 0.05) is 26.4 Å². The van der Waals surface area contributed by atoms with Crippen molar-refractivity contribution >= 4 is 35.1 Å². The van der Waals surface area contributed by atoms with Crippen molar-refractivity contribution in [1.82, 2.24) is 0 Å². The van der Waals surface area contributed by atoms with E-state index in [0.717, 1.165) is 19.8 Å². The van der Waals surface area contributed by atoms with E-state index in [1.165, 1.54) is 4.90 Å². The monoisotopic (exact) mass is 446 g/mol. The van der Waals surface area contributed by atoms with Crippen LogP contribution in [0.3, 0.4) is 0 Å². The molecule has 0 aliphatic carbocycles. The largest absolute Gasteiger partial charge is 0.457 e. The highest BCUT2D eigenvalue weighted by Gasteiger charge is 2.45. The van der Waals surface area contributed by atoms with Crippen LogP contribution in [-0.4, -0.2) is 61.3 Å². The molecule has 2 atom stereocenters. The van der Waals surface area contributed by atoms with Crippen molar-refractivity contribution in [2.24, 2.45) is 0 Å². The minimum absolute atomic E-state index is 0.00695. The Kier molecular flexibility index (Phi) is 7.18. The molecule has 0 radical (unpaired) electrons. The Labute approximate surface area is 187 Å². The zero-order valence-electron chi connectivity index (χ0n) is 19.0. The smallest absolute Gasteiger partial charge is 0.351 e. The van der Waals surface area contributed by atoms with Crippen molar-refractivity contribution in [3.8, 4) is 0 Å². The van der Waals surface area contributed by atoms with Crippen LogP contribution in [0.1, 0.15) is 47.0 Å². The molecule has 9 heteroatoms. The summed E-state index contributed by atoms with van der Waals surface area (Å²) in [6, 6.07) is 7.15. The first-order chi connectivity index (χ1) is 15.1. The number of anilines is 2. The van der Waals surface area contributed by atoms with Gasteiger partial charge in [0.25, 0.3) is 5.91 Å². The molecule has 3 rings (SSSR count). The minimum atomic E-state index is -1.54. The van der Waals surface area contributed by atoms with Gasteiger partial charge in [-0.25, -0.2) is 4.79 Å². The number of esters is 2. The molecule has 1 aromatic carbocycles. The lowest BCUT2D eigenvalue weighted by molar-refractivity contribution is -0.188. The van der Waals surface area contributed by atoms with Gasteiger partial charge in [0.15, 0.2) is 6.10 Å². The Morgan fingerprint density at radius 1 is 1.06 bits per heavy atom. The number of hydrogen-bond donors (Lipinski definition) is 0. The van der Waals surface area contributed by atoms with Crippen LogP contribution in [0, 0.1) is 0 Å². The highest BCUT2D eigenvalue weighted by Crippen LogP contribution is 2.34. The summed E-state index contributed by atoms with van der Waals surface area (Å²) in [5, 5.41) is 0. The van der Waals surface area contributed by atoms with Gasteiger partial charge in [0.1, 0.15) is 5.60 Å². The Hall–Kier alpha value is -2.94. The molecule has 0 saturated carbocycles. The van der Waals surface area contributed by atoms with Crippen LogP contribution in [0.4, 0.5) is 11.4 Å². The molecular weight excluding hydrogens is 416 g/mol. The molecule has 2 heterocycles. The molecule has 2 saturated heterocycles. The number of piperidine rings is 1. The summed E-state index contributed by atoms with van der Waals surface area (Å²) in [6.45, 7) is 7.12. The summed E-state index contributed by atoms with van der Waals surface area (Å²) in [5.74, 6) is -2.11. The Bertz CT molecular complexity index is 893. The quantitative estimate of drug-likeness (QED) is 0.639. The number of morpholine rings is 1. The molecule has 0 spiro atoms. The van der Waals surface area contributed by atoms with Crippen LogP contribution >= 0.6 is 0 Å². The lowest BCUT2D eigenvalue weighted by atomic mass is 10.1. The summed E-state index contributed by atoms with van der Waals surface area (Å²) in [7, 11) is 0. The van der Waals surface area contributed by atoms with E-state index in [4.69, 9.17) is 14.2 Å². The van der Waals surface area contributed by atoms with Crippen LogP contribution in [0.15, 0.2) is 24.3 Å². The maximum absolute atomic E-state index is 13.4. The van der Waals surface area contributed by atoms with Gasteiger partial charge in [-0.1, -0.05) is 12.1 Å². The Balaban J connectivity index is 1.91. The number of ether oxygens (including phenoxy) is 3. The second-order valence-electron chi connectivity index (χ2n) is 8.84. The lowest BCUT2D eigenvalue weighted by Gasteiger charge is -2.38. The van der Waals surface area contributed by atoms with E-state index in [1.54, 1.807) is 43.9 Å². The molecule has 32 heavy (non-hydrogen) atoms. The van der Waals surface area contributed by atoms with Crippen LogP contribution in [0.25, 0.3) is 0 Å². The zero-order valence-corrected chi connectivity index (χ0v) is 19.0.